The van der Waals surface area contributed by atoms with Gasteiger partial charge in [0.05, 0.1) is 22.9 Å². The molecule has 25 heavy (non-hydrogen) atoms. The number of fused-ring (bicyclic) bond motifs is 1. The van der Waals surface area contributed by atoms with Gasteiger partial charge in [0.15, 0.2) is 10.9 Å². The maximum absolute atomic E-state index is 13.2. The van der Waals surface area contributed by atoms with Crippen LogP contribution in [0.3, 0.4) is 0 Å². The molecule has 1 amide bonds. The highest BCUT2D eigenvalue weighted by Crippen LogP contribution is 2.26. The molecule has 3 aromatic rings. The molecule has 0 saturated carbocycles. The van der Waals surface area contributed by atoms with E-state index >= 15 is 0 Å². The average molecular weight is 358 g/mol. The van der Waals surface area contributed by atoms with Crippen LogP contribution in [0, 0.1) is 5.82 Å². The Morgan fingerprint density at radius 2 is 2.00 bits per heavy atom. The first-order valence-corrected chi connectivity index (χ1v) is 8.40. The molecule has 0 aliphatic heterocycles. The third-order valence-electron chi connectivity index (χ3n) is 3.58. The van der Waals surface area contributed by atoms with Crippen molar-refractivity contribution >= 4 is 38.4 Å². The molecular weight excluding hydrogens is 343 g/mol. The number of halogens is 1. The Kier molecular flexibility index (Phi) is 5.04. The standard InChI is InChI=1S/C18H15FN2O3S/c1-24-15-5-3-2-4-12(15)14(22)8-9-17(23)21-18-20-13-7-6-11(19)10-16(13)25-18/h2-7,10H,8-9H2,1H3,(H,20,21,23). The molecule has 0 bridgehead atoms. The Morgan fingerprint density at radius 1 is 1.20 bits per heavy atom. The van der Waals surface area contributed by atoms with Gasteiger partial charge in [-0.1, -0.05) is 23.5 Å². The van der Waals surface area contributed by atoms with Crippen molar-refractivity contribution in [1.29, 1.82) is 0 Å². The van der Waals surface area contributed by atoms with Gasteiger partial charge in [-0.3, -0.25) is 9.59 Å². The number of anilines is 1. The number of nitrogens with zero attached hydrogens (tertiary/aromatic N) is 1. The zero-order chi connectivity index (χ0) is 17.8. The summed E-state index contributed by atoms with van der Waals surface area (Å²) < 4.78 is 19.0. The number of hydrogen-bond acceptors (Lipinski definition) is 5. The van der Waals surface area contributed by atoms with E-state index in [0.29, 0.717) is 26.7 Å². The number of aromatic nitrogens is 1. The molecule has 2 aromatic carbocycles. The molecule has 7 heteroatoms. The van der Waals surface area contributed by atoms with Crippen LogP contribution < -0.4 is 10.1 Å². The predicted molar refractivity (Wildman–Crippen MR) is 94.8 cm³/mol. The molecule has 1 aromatic heterocycles. The number of nitrogens with one attached hydrogen (secondary N) is 1. The number of amides is 1. The molecule has 3 rings (SSSR count). The van der Waals surface area contributed by atoms with Crippen LogP contribution in [0.2, 0.25) is 0 Å². The Bertz CT molecular complexity index is 939. The first-order valence-electron chi connectivity index (χ1n) is 7.59. The predicted octanol–water partition coefficient (Wildman–Crippen LogP) is 4.05. The number of methoxy groups -OCH3 is 1. The summed E-state index contributed by atoms with van der Waals surface area (Å²) in [6, 6.07) is 11.1. The molecule has 0 fully saturated rings. The largest absolute Gasteiger partial charge is 0.496 e. The third-order valence-corrected chi connectivity index (χ3v) is 4.52. The van der Waals surface area contributed by atoms with Gasteiger partial charge in [0.2, 0.25) is 5.91 Å². The second kappa shape index (κ2) is 7.40. The van der Waals surface area contributed by atoms with E-state index in [1.54, 1.807) is 30.3 Å². The number of carbonyl (C=O) groups excluding carboxylic acids is 2. The highest BCUT2D eigenvalue weighted by molar-refractivity contribution is 7.22. The quantitative estimate of drug-likeness (QED) is 0.675. The fraction of sp³-hybridized carbons (Fsp3) is 0.167. The number of ether oxygens (including phenoxy) is 1. The number of hydrogen-bond donors (Lipinski definition) is 1. The van der Waals surface area contributed by atoms with Gasteiger partial charge in [0, 0.05) is 12.8 Å². The fourth-order valence-electron chi connectivity index (χ4n) is 2.37. The van der Waals surface area contributed by atoms with E-state index in [9.17, 15) is 14.0 Å². The first kappa shape index (κ1) is 17.0. The van der Waals surface area contributed by atoms with Crippen LogP contribution in [0.1, 0.15) is 23.2 Å². The summed E-state index contributed by atoms with van der Waals surface area (Å²) in [5.74, 6) is -0.348. The molecule has 0 saturated heterocycles. The van der Waals surface area contributed by atoms with E-state index in [4.69, 9.17) is 4.74 Å². The number of thiazole rings is 1. The maximum Gasteiger partial charge on any atom is 0.226 e. The molecule has 5 nitrogen and oxygen atoms in total. The number of carbonyl (C=O) groups is 2. The molecule has 128 valence electrons. The van der Waals surface area contributed by atoms with Gasteiger partial charge in [-0.05, 0) is 30.3 Å². The molecule has 0 radical (unpaired) electrons. The number of ketones is 1. The maximum atomic E-state index is 13.2. The van der Waals surface area contributed by atoms with Crippen molar-refractivity contribution in [1.82, 2.24) is 4.98 Å². The van der Waals surface area contributed by atoms with Gasteiger partial charge in [0.25, 0.3) is 0 Å². The van der Waals surface area contributed by atoms with Crippen LogP contribution in [0.5, 0.6) is 5.75 Å². The second-order valence-electron chi connectivity index (χ2n) is 5.30. The molecule has 0 unspecified atom stereocenters. The molecule has 1 heterocycles. The monoisotopic (exact) mass is 358 g/mol. The second-order valence-corrected chi connectivity index (χ2v) is 6.33. The zero-order valence-corrected chi connectivity index (χ0v) is 14.2. The van der Waals surface area contributed by atoms with Crippen molar-refractivity contribution in [2.75, 3.05) is 12.4 Å². The van der Waals surface area contributed by atoms with Crippen LogP contribution >= 0.6 is 11.3 Å². The van der Waals surface area contributed by atoms with Gasteiger partial charge in [0.1, 0.15) is 11.6 Å². The van der Waals surface area contributed by atoms with E-state index in [2.05, 4.69) is 10.3 Å². The topological polar surface area (TPSA) is 68.3 Å². The number of benzene rings is 2. The SMILES string of the molecule is COc1ccccc1C(=O)CCC(=O)Nc1nc2ccc(F)cc2s1. The van der Waals surface area contributed by atoms with E-state index in [0.717, 1.165) is 0 Å². The van der Waals surface area contributed by atoms with Gasteiger partial charge < -0.3 is 10.1 Å². The van der Waals surface area contributed by atoms with Crippen LogP contribution in [-0.4, -0.2) is 23.8 Å². The molecule has 0 aliphatic carbocycles. The molecule has 0 atom stereocenters. The Labute approximate surface area is 147 Å². The van der Waals surface area contributed by atoms with Crippen LogP contribution in [0.4, 0.5) is 9.52 Å². The van der Waals surface area contributed by atoms with Crippen molar-refractivity contribution in [3.63, 3.8) is 0 Å². The van der Waals surface area contributed by atoms with E-state index < -0.39 is 0 Å². The Balaban J connectivity index is 1.61. The zero-order valence-electron chi connectivity index (χ0n) is 13.4. The van der Waals surface area contributed by atoms with E-state index in [1.807, 2.05) is 0 Å². The molecule has 0 aliphatic rings. The lowest BCUT2D eigenvalue weighted by Crippen LogP contribution is -2.13. The Morgan fingerprint density at radius 3 is 2.80 bits per heavy atom. The fourth-order valence-corrected chi connectivity index (χ4v) is 3.28. The lowest BCUT2D eigenvalue weighted by atomic mass is 10.1. The number of Topliss-reactive ketones (excluding diaryl/α,β-unsaturated/α-hetero) is 1. The summed E-state index contributed by atoms with van der Waals surface area (Å²) in [4.78, 5) is 28.5. The summed E-state index contributed by atoms with van der Waals surface area (Å²) in [5, 5.41) is 3.03. The molecular formula is C18H15FN2O3S. The summed E-state index contributed by atoms with van der Waals surface area (Å²) in [6.45, 7) is 0. The van der Waals surface area contributed by atoms with Gasteiger partial charge in [-0.2, -0.15) is 0 Å². The summed E-state index contributed by atoms with van der Waals surface area (Å²) in [6.07, 6.45) is 0.0902. The van der Waals surface area contributed by atoms with Crippen molar-refractivity contribution in [2.24, 2.45) is 0 Å². The molecule has 0 spiro atoms. The minimum Gasteiger partial charge on any atom is -0.496 e. The lowest BCUT2D eigenvalue weighted by molar-refractivity contribution is -0.116. The summed E-state index contributed by atoms with van der Waals surface area (Å²) in [7, 11) is 1.49. The van der Waals surface area contributed by atoms with Gasteiger partial charge >= 0.3 is 0 Å². The van der Waals surface area contributed by atoms with Crippen molar-refractivity contribution < 1.29 is 18.7 Å². The van der Waals surface area contributed by atoms with Crippen LogP contribution in [0.15, 0.2) is 42.5 Å². The first-order chi connectivity index (χ1) is 12.1. The Hall–Kier alpha value is -2.80. The third kappa shape index (κ3) is 4.00. The normalized spacial score (nSPS) is 10.6. The lowest BCUT2D eigenvalue weighted by Gasteiger charge is -2.07. The average Bonchev–Trinajstić information content (AvgIpc) is 3.00. The summed E-state index contributed by atoms with van der Waals surface area (Å²) in [5.41, 5.74) is 1.07. The van der Waals surface area contributed by atoms with Crippen LogP contribution in [-0.2, 0) is 4.79 Å². The number of rotatable bonds is 6. The van der Waals surface area contributed by atoms with Gasteiger partial charge in [-0.15, -0.1) is 0 Å². The highest BCUT2D eigenvalue weighted by atomic mass is 32.1. The minimum absolute atomic E-state index is 0.0289. The van der Waals surface area contributed by atoms with Crippen LogP contribution in [0.25, 0.3) is 10.2 Å². The van der Waals surface area contributed by atoms with Gasteiger partial charge in [-0.25, -0.2) is 9.37 Å². The molecule has 1 N–H and O–H groups in total. The van der Waals surface area contributed by atoms with Crippen molar-refractivity contribution in [3.8, 4) is 5.75 Å². The van der Waals surface area contributed by atoms with E-state index in [1.165, 1.54) is 30.6 Å². The van der Waals surface area contributed by atoms with Crippen molar-refractivity contribution in [2.45, 2.75) is 12.8 Å². The van der Waals surface area contributed by atoms with E-state index in [-0.39, 0.29) is 30.3 Å². The number of para-hydroxylation sites is 1. The smallest absolute Gasteiger partial charge is 0.226 e. The van der Waals surface area contributed by atoms with Crippen molar-refractivity contribution in [3.05, 3.63) is 53.8 Å². The minimum atomic E-state index is -0.351. The highest BCUT2D eigenvalue weighted by Gasteiger charge is 2.14. The summed E-state index contributed by atoms with van der Waals surface area (Å²) >= 11 is 1.19.